The number of aliphatic hydroxyl groups is 26. The van der Waals surface area contributed by atoms with Gasteiger partial charge in [-0.05, 0) is 0 Å². The second-order valence-electron chi connectivity index (χ2n) is 32.4. The quantitative estimate of drug-likeness (QED) is 0.0284. The van der Waals surface area contributed by atoms with Crippen molar-refractivity contribution in [2.75, 3.05) is 66.1 Å². The van der Waals surface area contributed by atoms with Crippen LogP contribution in [0.4, 0.5) is 0 Å². The maximum atomic E-state index is 13.4. The lowest BCUT2D eigenvalue weighted by atomic mass is 9.93. The number of aliphatic hydroxyl groups excluding tert-OH is 26. The molecule has 0 aliphatic carbocycles. The molecule has 10 aliphatic rings. The van der Waals surface area contributed by atoms with Gasteiger partial charge in [-0.15, -0.1) is 0 Å². The molecule has 57 nitrogen and oxygen atoms in total. The Labute approximate surface area is 731 Å². The molecule has 0 spiro atoms. The Bertz CT molecular complexity index is 3570. The summed E-state index contributed by atoms with van der Waals surface area (Å²) >= 11 is 0. The third-order valence-electron chi connectivity index (χ3n) is 23.3. The van der Waals surface area contributed by atoms with Crippen molar-refractivity contribution in [3.63, 3.8) is 0 Å². The zero-order chi connectivity index (χ0) is 95.1. The number of rotatable bonds is 34. The third-order valence-corrected chi connectivity index (χ3v) is 23.3. The Morgan fingerprint density at radius 1 is 0.202 bits per heavy atom. The largest absolute Gasteiger partial charge is 0.394 e. The highest BCUT2D eigenvalue weighted by molar-refractivity contribution is 5.75. The topological polar surface area (TPSA) is 876 Å². The summed E-state index contributed by atoms with van der Waals surface area (Å²) in [6, 6.07) is -11.7. The van der Waals surface area contributed by atoms with Crippen molar-refractivity contribution in [3.8, 4) is 0 Å². The first-order chi connectivity index (χ1) is 61.0. The molecule has 32 N–H and O–H groups in total. The van der Waals surface area contributed by atoms with Gasteiger partial charge in [0.2, 0.25) is 35.4 Å². The lowest BCUT2D eigenvalue weighted by Gasteiger charge is -2.52. The summed E-state index contributed by atoms with van der Waals surface area (Å²) in [5.41, 5.74) is 0. The van der Waals surface area contributed by atoms with E-state index in [4.69, 9.17) is 90.0 Å². The van der Waals surface area contributed by atoms with Gasteiger partial charge in [0.05, 0.1) is 66.1 Å². The van der Waals surface area contributed by atoms with Crippen molar-refractivity contribution in [2.45, 2.75) is 348 Å². The van der Waals surface area contributed by atoms with Gasteiger partial charge >= 0.3 is 0 Å². The van der Waals surface area contributed by atoms with Gasteiger partial charge in [0.1, 0.15) is 244 Å². The van der Waals surface area contributed by atoms with Crippen LogP contribution in [0.2, 0.25) is 0 Å². The van der Waals surface area contributed by atoms with Gasteiger partial charge in [0.25, 0.3) is 0 Å². The predicted molar refractivity (Wildman–Crippen MR) is 399 cm³/mol. The van der Waals surface area contributed by atoms with E-state index in [2.05, 4.69) is 31.9 Å². The fourth-order valence-electron chi connectivity index (χ4n) is 16.7. The van der Waals surface area contributed by atoms with E-state index >= 15 is 0 Å². The second-order valence-corrected chi connectivity index (χ2v) is 32.4. The Hall–Kier alpha value is -4.98. The molecule has 10 aliphatic heterocycles. The molecule has 57 heteroatoms. The van der Waals surface area contributed by atoms with E-state index in [1.165, 1.54) is 0 Å². The second kappa shape index (κ2) is 46.7. The Morgan fingerprint density at radius 3 is 0.791 bits per heavy atom. The maximum absolute atomic E-state index is 13.4. The number of ether oxygens (including phenoxy) is 19. The minimum Gasteiger partial charge on any atom is -0.394 e. The number of hydrogen-bond acceptors (Lipinski definition) is 51. The highest BCUT2D eigenvalue weighted by Gasteiger charge is 2.63. The van der Waals surface area contributed by atoms with Gasteiger partial charge in [0.15, 0.2) is 62.9 Å². The van der Waals surface area contributed by atoms with Crippen LogP contribution in [0.1, 0.15) is 41.5 Å². The monoisotopic (exact) mass is 1880 g/mol. The van der Waals surface area contributed by atoms with Crippen LogP contribution in [-0.4, -0.2) is 541 Å². The van der Waals surface area contributed by atoms with Crippen molar-refractivity contribution >= 4 is 35.4 Å². The molecule has 0 aromatic heterocycles. The fourth-order valence-corrected chi connectivity index (χ4v) is 16.7. The molecule has 744 valence electrons. The van der Waals surface area contributed by atoms with Gasteiger partial charge in [-0.1, -0.05) is 0 Å². The molecule has 10 rings (SSSR count). The van der Waals surface area contributed by atoms with Crippen LogP contribution in [0.25, 0.3) is 0 Å². The number of amides is 6. The molecule has 0 bridgehead atoms. The van der Waals surface area contributed by atoms with Crippen molar-refractivity contribution in [3.05, 3.63) is 0 Å². The number of hydrogen-bond donors (Lipinski definition) is 32. The van der Waals surface area contributed by atoms with E-state index in [0.717, 1.165) is 41.5 Å². The molecule has 50 atom stereocenters. The van der Waals surface area contributed by atoms with Crippen molar-refractivity contribution in [2.24, 2.45) is 0 Å². The van der Waals surface area contributed by atoms with Gasteiger partial charge < -0.3 is 255 Å². The minimum absolute atomic E-state index is 0.827. The molecule has 0 radical (unpaired) electrons. The molecule has 6 amide bonds. The standard InChI is InChI=1S/C72H120N6O51/c1-17(88)73-33-47(102)55(28(12-84)112-63(33)110)122-67-37(77-21(5)92)49(104)57(30(14-86)118-67)125-70-54(109)60(127-72-61(51(106)43(98)27(11-83)117-72)128-65-35(75-19(3)90)45(100)40(95)24(8-80)114-65)59(126-64-34(74-18(2)89)44(99)39(94)23(7-79)113-64)32(121-70)16-111-71-62(129-66-36(76-20(4)91)46(101)41(96)25(9-81)115-66)53(108)58(31(15-87)120-71)123-68-38(78-22(6)93)48(103)56(29(13-85)119-68)124-69-52(107)50(105)42(97)26(10-82)116-69/h23-72,79-87,94-110H,7-16H2,1-6H3,(H,73,88)(H,74,89)(H,75,90)(H,76,91)(H,77,92)(H,78,93)/t23-,24-,25-,26-,27-,28-,29-,30-,31-,32-,33-,34-,35-,36-,37-,38-,39-,40-,41-,42+,43-,44+,45-,46-,47-,48-,49-,50+,51+,52-,53+,54+,55-,56-,57-,58-,59-,60-,61+,62+,63-,64+,65+,66+,67+,68+,69+,70+,71+,72-/m1/s1. The van der Waals surface area contributed by atoms with Crippen LogP contribution in [0.5, 0.6) is 0 Å². The smallest absolute Gasteiger partial charge is 0.217 e. The number of carbonyl (C=O) groups excluding carboxylic acids is 6. The van der Waals surface area contributed by atoms with E-state index < -0.39 is 408 Å². The van der Waals surface area contributed by atoms with E-state index in [1.807, 2.05) is 0 Å². The highest BCUT2D eigenvalue weighted by Crippen LogP contribution is 2.42. The summed E-state index contributed by atoms with van der Waals surface area (Å²) in [6.45, 7) is -6.38. The average molecular weight is 1890 g/mol. The summed E-state index contributed by atoms with van der Waals surface area (Å²) in [5.74, 6) is -5.75. The van der Waals surface area contributed by atoms with Crippen molar-refractivity contribution < 1.29 is 252 Å². The molecule has 0 saturated carbocycles. The summed E-state index contributed by atoms with van der Waals surface area (Å²) in [5, 5.41) is 309. The van der Waals surface area contributed by atoms with Gasteiger partial charge in [0, 0.05) is 41.5 Å². The summed E-state index contributed by atoms with van der Waals surface area (Å²) in [6.07, 6.45) is -96.5. The SMILES string of the molecule is CC(=O)N[C@@H]1[C@@H](O)[C@H](O[C@@H]2O[C@H](CO)[C@@H](O[C@@H]3O[C@H](CO[C@H]4O[C@H](CO)[C@@H](O[C@@H]5O[C@H](CO)[C@@H](O[C@@H]6O[C@H](CO)[C@H](O)[C@H](O)[C@H]6O)[C@H](O)[C@H]5NC(C)=O)[C@H](O)[C@@H]4O[C@@H]4O[C@H](CO)[C@@H](O)[C@H](O)[C@H]4NC(C)=O)[C@@H](O[C@@H]4O[C@H](CO)[C@@H](O)[C@@H](O)[C@H]4NC(C)=O)[C@H](O[C@H]4O[C@H](CO)[C@@H](O)[C@H](O)[C@@H]4O[C@@H]4O[C@H](CO)[C@@H](O)[C@H](O)[C@H]4NC(C)=O)[C@@H]3O)[C@H](O)[C@H]2NC(C)=O)[C@@H](CO)O[C@H]1O. The summed E-state index contributed by atoms with van der Waals surface area (Å²) in [4.78, 5) is 77.8. The first kappa shape index (κ1) is 106. The lowest BCUT2D eigenvalue weighted by molar-refractivity contribution is -0.408. The van der Waals surface area contributed by atoms with Gasteiger partial charge in [-0.3, -0.25) is 28.8 Å². The van der Waals surface area contributed by atoms with Gasteiger partial charge in [-0.2, -0.15) is 0 Å². The third kappa shape index (κ3) is 24.0. The van der Waals surface area contributed by atoms with Gasteiger partial charge in [-0.25, -0.2) is 0 Å². The molecule has 0 unspecified atom stereocenters. The number of carbonyl (C=O) groups is 6. The van der Waals surface area contributed by atoms with E-state index in [9.17, 15) is 162 Å². The average Bonchev–Trinajstić information content (AvgIpc) is 0.753. The summed E-state index contributed by atoms with van der Waals surface area (Å²) < 4.78 is 117. The molecule has 10 heterocycles. The van der Waals surface area contributed by atoms with E-state index in [-0.39, 0.29) is 0 Å². The predicted octanol–water partition coefficient (Wildman–Crippen LogP) is -21.9. The minimum atomic E-state index is -2.78. The molecule has 10 saturated heterocycles. The zero-order valence-electron chi connectivity index (χ0n) is 69.8. The first-order valence-electron chi connectivity index (χ1n) is 41.1. The zero-order valence-corrected chi connectivity index (χ0v) is 69.8. The molecule has 0 aromatic carbocycles. The van der Waals surface area contributed by atoms with Crippen LogP contribution in [0, 0.1) is 0 Å². The van der Waals surface area contributed by atoms with Crippen LogP contribution in [0.3, 0.4) is 0 Å². The molecular formula is C72H120N6O51. The Morgan fingerprint density at radius 2 is 0.434 bits per heavy atom. The number of nitrogens with one attached hydrogen (secondary N) is 6. The van der Waals surface area contributed by atoms with Crippen LogP contribution < -0.4 is 31.9 Å². The molecule has 129 heavy (non-hydrogen) atoms. The van der Waals surface area contributed by atoms with Crippen molar-refractivity contribution in [1.82, 2.24) is 31.9 Å². The Kier molecular flexibility index (Phi) is 38.4. The van der Waals surface area contributed by atoms with Crippen LogP contribution in [-0.2, 0) is 119 Å². The Balaban J connectivity index is 1.11. The molecule has 0 aromatic rings. The van der Waals surface area contributed by atoms with Crippen molar-refractivity contribution in [1.29, 1.82) is 0 Å². The first-order valence-corrected chi connectivity index (χ1v) is 41.1. The fraction of sp³-hybridized carbons (Fsp3) is 0.917. The lowest BCUT2D eigenvalue weighted by Crippen LogP contribution is -2.71. The van der Waals surface area contributed by atoms with E-state index in [1.54, 1.807) is 0 Å². The van der Waals surface area contributed by atoms with Crippen LogP contribution >= 0.6 is 0 Å². The maximum Gasteiger partial charge on any atom is 0.217 e. The highest BCUT2D eigenvalue weighted by atomic mass is 16.8. The van der Waals surface area contributed by atoms with E-state index in [0.29, 0.717) is 0 Å². The van der Waals surface area contributed by atoms with Crippen LogP contribution in [0.15, 0.2) is 0 Å². The normalized spacial score (nSPS) is 47.5. The summed E-state index contributed by atoms with van der Waals surface area (Å²) in [7, 11) is 0. The molecular weight excluding hydrogens is 1760 g/mol. The molecule has 10 fully saturated rings.